The van der Waals surface area contributed by atoms with Gasteiger partial charge in [-0.15, -0.1) is 0 Å². The number of aryl methyl sites for hydroxylation is 1. The second-order valence-corrected chi connectivity index (χ2v) is 6.78. The summed E-state index contributed by atoms with van der Waals surface area (Å²) in [7, 11) is 0. The van der Waals surface area contributed by atoms with E-state index in [4.69, 9.17) is 16.1 Å². The molecule has 3 aromatic rings. The molecule has 26 heavy (non-hydrogen) atoms. The maximum absolute atomic E-state index is 12.1. The van der Waals surface area contributed by atoms with Gasteiger partial charge in [0.2, 0.25) is 17.6 Å². The molecule has 1 amide bonds. The first-order chi connectivity index (χ1) is 12.5. The van der Waals surface area contributed by atoms with Gasteiger partial charge in [-0.2, -0.15) is 4.98 Å². The Morgan fingerprint density at radius 3 is 2.46 bits per heavy atom. The van der Waals surface area contributed by atoms with Crippen molar-refractivity contribution in [2.45, 2.75) is 32.6 Å². The number of hydrogen-bond acceptors (Lipinski definition) is 4. The van der Waals surface area contributed by atoms with Gasteiger partial charge < -0.3 is 9.84 Å². The quantitative estimate of drug-likeness (QED) is 0.657. The van der Waals surface area contributed by atoms with Gasteiger partial charge >= 0.3 is 0 Å². The maximum Gasteiger partial charge on any atom is 0.227 e. The average Bonchev–Trinajstić information content (AvgIpc) is 3.10. The first kappa shape index (κ1) is 18.1. The summed E-state index contributed by atoms with van der Waals surface area (Å²) < 4.78 is 5.22. The summed E-state index contributed by atoms with van der Waals surface area (Å²) in [6, 6.07) is 15.1. The van der Waals surface area contributed by atoms with E-state index < -0.39 is 0 Å². The highest BCUT2D eigenvalue weighted by Crippen LogP contribution is 2.20. The Hall–Kier alpha value is -2.66. The summed E-state index contributed by atoms with van der Waals surface area (Å²) in [6.07, 6.45) is 0.657. The first-order valence-corrected chi connectivity index (χ1v) is 8.87. The van der Waals surface area contributed by atoms with Crippen molar-refractivity contribution < 1.29 is 9.32 Å². The molecule has 2 aromatic carbocycles. The summed E-state index contributed by atoms with van der Waals surface area (Å²) >= 11 is 5.87. The zero-order valence-corrected chi connectivity index (χ0v) is 15.5. The predicted octanol–water partition coefficient (Wildman–Crippen LogP) is 5.08. The molecule has 6 heteroatoms. The topological polar surface area (TPSA) is 68.0 Å². The molecule has 5 nitrogen and oxygen atoms in total. The number of amides is 1. The van der Waals surface area contributed by atoms with Crippen LogP contribution in [0.3, 0.4) is 0 Å². The van der Waals surface area contributed by atoms with Crippen LogP contribution in [-0.4, -0.2) is 16.0 Å². The summed E-state index contributed by atoms with van der Waals surface area (Å²) in [5, 5.41) is 7.47. The van der Waals surface area contributed by atoms with Crippen molar-refractivity contribution in [2.75, 3.05) is 5.32 Å². The summed E-state index contributed by atoms with van der Waals surface area (Å²) in [5.74, 6) is 1.29. The van der Waals surface area contributed by atoms with E-state index in [-0.39, 0.29) is 12.3 Å². The molecule has 134 valence electrons. The van der Waals surface area contributed by atoms with Crippen molar-refractivity contribution in [2.24, 2.45) is 0 Å². The van der Waals surface area contributed by atoms with E-state index in [0.717, 1.165) is 11.3 Å². The number of benzene rings is 2. The van der Waals surface area contributed by atoms with Crippen LogP contribution >= 0.6 is 11.6 Å². The molecular weight excluding hydrogens is 350 g/mol. The van der Waals surface area contributed by atoms with Crippen LogP contribution in [0.15, 0.2) is 53.1 Å². The minimum Gasteiger partial charge on any atom is -0.339 e. The van der Waals surface area contributed by atoms with Crippen LogP contribution in [0.25, 0.3) is 11.4 Å². The molecular formula is C20H20ClN3O2. The summed E-state index contributed by atoms with van der Waals surface area (Å²) in [6.45, 7) is 4.27. The van der Waals surface area contributed by atoms with Crippen molar-refractivity contribution in [3.05, 3.63) is 65.0 Å². The molecule has 3 rings (SSSR count). The minimum atomic E-state index is -0.0893. The lowest BCUT2D eigenvalue weighted by molar-refractivity contribution is -0.116. The van der Waals surface area contributed by atoms with E-state index in [9.17, 15) is 4.79 Å². The van der Waals surface area contributed by atoms with Gasteiger partial charge in [-0.1, -0.05) is 42.7 Å². The molecule has 0 fully saturated rings. The number of rotatable bonds is 6. The van der Waals surface area contributed by atoms with Crippen molar-refractivity contribution in [3.63, 3.8) is 0 Å². The normalized spacial score (nSPS) is 10.9. The van der Waals surface area contributed by atoms with Crippen LogP contribution in [0.2, 0.25) is 5.02 Å². The van der Waals surface area contributed by atoms with Crippen molar-refractivity contribution in [1.29, 1.82) is 0 Å². The molecule has 0 saturated heterocycles. The number of halogens is 1. The van der Waals surface area contributed by atoms with Gasteiger partial charge in [0.25, 0.3) is 0 Å². The van der Waals surface area contributed by atoms with Crippen LogP contribution < -0.4 is 5.32 Å². The van der Waals surface area contributed by atoms with Crippen molar-refractivity contribution >= 4 is 23.2 Å². The summed E-state index contributed by atoms with van der Waals surface area (Å²) in [4.78, 5) is 16.4. The minimum absolute atomic E-state index is 0.0893. The second-order valence-electron chi connectivity index (χ2n) is 6.34. The molecule has 0 atom stereocenters. The van der Waals surface area contributed by atoms with E-state index >= 15 is 0 Å². The molecule has 0 saturated carbocycles. The van der Waals surface area contributed by atoms with Crippen LogP contribution in [0.5, 0.6) is 0 Å². The Kier molecular flexibility index (Phi) is 5.68. The Bertz CT molecular complexity index is 871. The largest absolute Gasteiger partial charge is 0.339 e. The third-order valence-electron chi connectivity index (χ3n) is 4.00. The third kappa shape index (κ3) is 4.70. The highest BCUT2D eigenvalue weighted by atomic mass is 35.5. The Balaban J connectivity index is 1.54. The van der Waals surface area contributed by atoms with E-state index in [1.807, 2.05) is 36.4 Å². The first-order valence-electron chi connectivity index (χ1n) is 8.49. The Labute approximate surface area is 157 Å². The number of hydrogen-bond donors (Lipinski definition) is 1. The standard InChI is InChI=1S/C20H20ClN3O2/c1-13(2)14-5-9-17(10-6-14)22-18(25)11-12-19-23-20(24-26-19)15-3-7-16(21)8-4-15/h3-10,13H,11-12H2,1-2H3,(H,22,25). The van der Waals surface area contributed by atoms with Gasteiger partial charge in [-0.3, -0.25) is 4.79 Å². The van der Waals surface area contributed by atoms with Crippen LogP contribution in [-0.2, 0) is 11.2 Å². The molecule has 0 bridgehead atoms. The Morgan fingerprint density at radius 2 is 1.81 bits per heavy atom. The molecule has 0 spiro atoms. The van der Waals surface area contributed by atoms with Gasteiger partial charge in [0.15, 0.2) is 0 Å². The zero-order valence-electron chi connectivity index (χ0n) is 14.7. The lowest BCUT2D eigenvalue weighted by Crippen LogP contribution is -2.12. The molecule has 0 aliphatic carbocycles. The third-order valence-corrected chi connectivity index (χ3v) is 4.25. The van der Waals surface area contributed by atoms with E-state index in [0.29, 0.717) is 29.1 Å². The molecule has 0 aliphatic heterocycles. The van der Waals surface area contributed by atoms with Crippen molar-refractivity contribution in [3.8, 4) is 11.4 Å². The van der Waals surface area contributed by atoms with Gasteiger partial charge in [0, 0.05) is 29.1 Å². The van der Waals surface area contributed by atoms with E-state index in [1.54, 1.807) is 12.1 Å². The summed E-state index contributed by atoms with van der Waals surface area (Å²) in [5.41, 5.74) is 2.84. The molecule has 1 heterocycles. The fourth-order valence-corrected chi connectivity index (χ4v) is 2.59. The zero-order chi connectivity index (χ0) is 18.5. The smallest absolute Gasteiger partial charge is 0.227 e. The fourth-order valence-electron chi connectivity index (χ4n) is 2.47. The molecule has 0 radical (unpaired) electrons. The Morgan fingerprint density at radius 1 is 1.12 bits per heavy atom. The van der Waals surface area contributed by atoms with Gasteiger partial charge in [0.05, 0.1) is 0 Å². The maximum atomic E-state index is 12.1. The van der Waals surface area contributed by atoms with Crippen molar-refractivity contribution in [1.82, 2.24) is 10.1 Å². The number of anilines is 1. The molecule has 1 aromatic heterocycles. The fraction of sp³-hybridized carbons (Fsp3) is 0.250. The van der Waals surface area contributed by atoms with Gasteiger partial charge in [0.1, 0.15) is 0 Å². The second kappa shape index (κ2) is 8.15. The highest BCUT2D eigenvalue weighted by molar-refractivity contribution is 6.30. The highest BCUT2D eigenvalue weighted by Gasteiger charge is 2.11. The van der Waals surface area contributed by atoms with Crippen LogP contribution in [0.4, 0.5) is 5.69 Å². The van der Waals surface area contributed by atoms with Gasteiger partial charge in [-0.05, 0) is 47.9 Å². The number of aromatic nitrogens is 2. The molecule has 1 N–H and O–H groups in total. The molecule has 0 unspecified atom stereocenters. The van der Waals surface area contributed by atoms with E-state index in [2.05, 4.69) is 29.3 Å². The number of carbonyl (C=O) groups is 1. The lowest BCUT2D eigenvalue weighted by atomic mass is 10.0. The van der Waals surface area contributed by atoms with Crippen LogP contribution in [0, 0.1) is 0 Å². The van der Waals surface area contributed by atoms with Gasteiger partial charge in [-0.25, -0.2) is 0 Å². The lowest BCUT2D eigenvalue weighted by Gasteiger charge is -2.08. The number of nitrogens with zero attached hydrogens (tertiary/aromatic N) is 2. The monoisotopic (exact) mass is 369 g/mol. The SMILES string of the molecule is CC(C)c1ccc(NC(=O)CCc2nc(-c3ccc(Cl)cc3)no2)cc1. The van der Waals surface area contributed by atoms with E-state index in [1.165, 1.54) is 5.56 Å². The predicted molar refractivity (Wildman–Crippen MR) is 102 cm³/mol. The molecule has 0 aliphatic rings. The average molecular weight is 370 g/mol. The number of carbonyl (C=O) groups excluding carboxylic acids is 1. The van der Waals surface area contributed by atoms with Crippen LogP contribution in [0.1, 0.15) is 37.6 Å². The number of nitrogens with one attached hydrogen (secondary N) is 1.